The molecule has 1 heterocycles. The van der Waals surface area contributed by atoms with Gasteiger partial charge in [0.25, 0.3) is 0 Å². The Hall–Kier alpha value is -0.740. The fourth-order valence-electron chi connectivity index (χ4n) is 2.14. The largest absolute Gasteiger partial charge is 0.347 e. The minimum atomic E-state index is -0.635. The van der Waals surface area contributed by atoms with Gasteiger partial charge >= 0.3 is 0 Å². The summed E-state index contributed by atoms with van der Waals surface area (Å²) in [5.41, 5.74) is 0. The second-order valence-corrected chi connectivity index (χ2v) is 3.94. The van der Waals surface area contributed by atoms with Crippen molar-refractivity contribution in [1.82, 2.24) is 0 Å². The quantitative estimate of drug-likeness (QED) is 0.581. The third-order valence-corrected chi connectivity index (χ3v) is 2.96. The maximum absolute atomic E-state index is 11.4. The molecule has 1 atom stereocenters. The molecule has 0 radical (unpaired) electrons. The van der Waals surface area contributed by atoms with E-state index in [4.69, 9.17) is 9.47 Å². The van der Waals surface area contributed by atoms with Crippen LogP contribution in [0, 0.1) is 5.92 Å². The molecule has 1 saturated carbocycles. The molecule has 2 aliphatic rings. The Morgan fingerprint density at radius 2 is 2.07 bits per heavy atom. The highest BCUT2D eigenvalue weighted by Crippen LogP contribution is 2.37. The average molecular weight is 198 g/mol. The van der Waals surface area contributed by atoms with Gasteiger partial charge in [-0.1, -0.05) is 0 Å². The molecular formula is C10H14O4. The number of carbonyl (C=O) groups is 2. The van der Waals surface area contributed by atoms with Crippen LogP contribution in [0.25, 0.3) is 0 Å². The predicted octanol–water partition coefficient (Wildman–Crippen LogP) is 0.688. The van der Waals surface area contributed by atoms with Crippen LogP contribution >= 0.6 is 0 Å². The molecule has 1 unspecified atom stereocenters. The van der Waals surface area contributed by atoms with E-state index in [1.807, 2.05) is 0 Å². The summed E-state index contributed by atoms with van der Waals surface area (Å²) in [6, 6.07) is 0. The van der Waals surface area contributed by atoms with Crippen LogP contribution in [0.5, 0.6) is 0 Å². The SMILES string of the molecule is CC(=O)C1CC2(CCC1=O)OCCO2. The number of hydrogen-bond donors (Lipinski definition) is 0. The van der Waals surface area contributed by atoms with Gasteiger partial charge in [-0.2, -0.15) is 0 Å². The summed E-state index contributed by atoms with van der Waals surface area (Å²) in [6.45, 7) is 2.59. The fourth-order valence-corrected chi connectivity index (χ4v) is 2.14. The monoisotopic (exact) mass is 198 g/mol. The predicted molar refractivity (Wildman–Crippen MR) is 47.7 cm³/mol. The summed E-state index contributed by atoms with van der Waals surface area (Å²) in [7, 11) is 0. The molecule has 0 bridgehead atoms. The van der Waals surface area contributed by atoms with Gasteiger partial charge in [-0.05, 0) is 6.92 Å². The van der Waals surface area contributed by atoms with Crippen LogP contribution in [0.1, 0.15) is 26.2 Å². The van der Waals surface area contributed by atoms with Crippen LogP contribution in [-0.2, 0) is 19.1 Å². The van der Waals surface area contributed by atoms with Crippen LogP contribution < -0.4 is 0 Å². The third kappa shape index (κ3) is 1.60. The summed E-state index contributed by atoms with van der Waals surface area (Å²) >= 11 is 0. The molecule has 2 fully saturated rings. The second-order valence-electron chi connectivity index (χ2n) is 3.94. The van der Waals surface area contributed by atoms with Crippen LogP contribution in [-0.4, -0.2) is 30.6 Å². The zero-order chi connectivity index (χ0) is 10.2. The third-order valence-electron chi connectivity index (χ3n) is 2.96. The first-order chi connectivity index (χ1) is 6.63. The molecule has 1 saturated heterocycles. The molecule has 0 aromatic carbocycles. The number of rotatable bonds is 1. The molecular weight excluding hydrogens is 184 g/mol. The molecule has 4 heteroatoms. The lowest BCUT2D eigenvalue weighted by atomic mass is 9.81. The highest BCUT2D eigenvalue weighted by Gasteiger charge is 2.45. The van der Waals surface area contributed by atoms with Crippen LogP contribution in [0.4, 0.5) is 0 Å². The summed E-state index contributed by atoms with van der Waals surface area (Å²) in [5, 5.41) is 0. The first kappa shape index (κ1) is 9.80. The number of hydrogen-bond acceptors (Lipinski definition) is 4. The van der Waals surface area contributed by atoms with Gasteiger partial charge in [-0.15, -0.1) is 0 Å². The van der Waals surface area contributed by atoms with Crippen molar-refractivity contribution in [1.29, 1.82) is 0 Å². The zero-order valence-electron chi connectivity index (χ0n) is 8.25. The summed E-state index contributed by atoms with van der Waals surface area (Å²) in [6.07, 6.45) is 1.39. The van der Waals surface area contributed by atoms with Crippen molar-refractivity contribution in [3.05, 3.63) is 0 Å². The van der Waals surface area contributed by atoms with Crippen molar-refractivity contribution in [2.24, 2.45) is 5.92 Å². The molecule has 1 aliphatic heterocycles. The van der Waals surface area contributed by atoms with Gasteiger partial charge in [0, 0.05) is 19.3 Å². The Kier molecular flexibility index (Phi) is 2.41. The average Bonchev–Trinajstić information content (AvgIpc) is 2.58. The van der Waals surface area contributed by atoms with Gasteiger partial charge in [-0.25, -0.2) is 0 Å². The second kappa shape index (κ2) is 3.44. The Morgan fingerprint density at radius 3 is 2.64 bits per heavy atom. The lowest BCUT2D eigenvalue weighted by Crippen LogP contribution is -2.42. The summed E-state index contributed by atoms with van der Waals surface area (Å²) < 4.78 is 11.0. The molecule has 4 nitrogen and oxygen atoms in total. The number of carbonyl (C=O) groups excluding carboxylic acids is 2. The first-order valence-corrected chi connectivity index (χ1v) is 4.94. The van der Waals surface area contributed by atoms with Crippen molar-refractivity contribution < 1.29 is 19.1 Å². The molecule has 78 valence electrons. The van der Waals surface area contributed by atoms with Crippen molar-refractivity contribution in [2.45, 2.75) is 32.0 Å². The standard InChI is InChI=1S/C10H14O4/c1-7(11)8-6-10(3-2-9(8)12)13-4-5-14-10/h8H,2-6H2,1H3. The van der Waals surface area contributed by atoms with E-state index in [1.54, 1.807) is 0 Å². The van der Waals surface area contributed by atoms with Crippen molar-refractivity contribution >= 4 is 11.6 Å². The fraction of sp³-hybridized carbons (Fsp3) is 0.800. The number of Topliss-reactive ketones (excluding diaryl/α,β-unsaturated/α-hetero) is 2. The zero-order valence-corrected chi connectivity index (χ0v) is 8.25. The Bertz CT molecular complexity index is 265. The molecule has 1 aliphatic carbocycles. The van der Waals surface area contributed by atoms with E-state index in [0.717, 1.165) is 0 Å². The minimum Gasteiger partial charge on any atom is -0.347 e. The molecule has 0 aromatic rings. The van der Waals surface area contributed by atoms with Gasteiger partial charge in [-0.3, -0.25) is 9.59 Å². The Balaban J connectivity index is 2.12. The van der Waals surface area contributed by atoms with Gasteiger partial charge in [0.05, 0.1) is 19.1 Å². The highest BCUT2D eigenvalue weighted by atomic mass is 16.7. The first-order valence-electron chi connectivity index (χ1n) is 4.94. The van der Waals surface area contributed by atoms with E-state index in [-0.39, 0.29) is 11.6 Å². The normalized spacial score (nSPS) is 30.9. The van der Waals surface area contributed by atoms with Crippen LogP contribution in [0.15, 0.2) is 0 Å². The Labute approximate surface area is 82.6 Å². The maximum atomic E-state index is 11.4. The molecule has 0 N–H and O–H groups in total. The molecule has 0 aromatic heterocycles. The van der Waals surface area contributed by atoms with E-state index < -0.39 is 11.7 Å². The van der Waals surface area contributed by atoms with Crippen molar-refractivity contribution in [2.75, 3.05) is 13.2 Å². The number of ketones is 2. The van der Waals surface area contributed by atoms with Gasteiger partial charge in [0.1, 0.15) is 11.6 Å². The summed E-state index contributed by atoms with van der Waals surface area (Å²) in [5.74, 6) is -1.19. The molecule has 0 amide bonds. The van der Waals surface area contributed by atoms with Crippen molar-refractivity contribution in [3.8, 4) is 0 Å². The smallest absolute Gasteiger partial charge is 0.170 e. The molecule has 14 heavy (non-hydrogen) atoms. The topological polar surface area (TPSA) is 52.6 Å². The molecule has 2 rings (SSSR count). The lowest BCUT2D eigenvalue weighted by Gasteiger charge is -2.34. The van der Waals surface area contributed by atoms with E-state index >= 15 is 0 Å². The van der Waals surface area contributed by atoms with Gasteiger partial charge < -0.3 is 9.47 Å². The maximum Gasteiger partial charge on any atom is 0.170 e. The highest BCUT2D eigenvalue weighted by molar-refractivity contribution is 6.01. The van der Waals surface area contributed by atoms with E-state index in [9.17, 15) is 9.59 Å². The lowest BCUT2D eigenvalue weighted by molar-refractivity contribution is -0.190. The summed E-state index contributed by atoms with van der Waals surface area (Å²) in [4.78, 5) is 22.7. The van der Waals surface area contributed by atoms with E-state index in [1.165, 1.54) is 6.92 Å². The van der Waals surface area contributed by atoms with Crippen LogP contribution in [0.3, 0.4) is 0 Å². The van der Waals surface area contributed by atoms with Crippen molar-refractivity contribution in [3.63, 3.8) is 0 Å². The van der Waals surface area contributed by atoms with Gasteiger partial charge in [0.15, 0.2) is 5.79 Å². The molecule has 1 spiro atoms. The Morgan fingerprint density at radius 1 is 1.43 bits per heavy atom. The van der Waals surface area contributed by atoms with Crippen LogP contribution in [0.2, 0.25) is 0 Å². The van der Waals surface area contributed by atoms with Gasteiger partial charge in [0.2, 0.25) is 0 Å². The number of ether oxygens (including phenoxy) is 2. The van der Waals surface area contributed by atoms with E-state index in [0.29, 0.717) is 32.5 Å². The van der Waals surface area contributed by atoms with E-state index in [2.05, 4.69) is 0 Å². The minimum absolute atomic E-state index is 0.0298.